The molecule has 1 saturated heterocycles. The molecule has 1 spiro atoms. The first-order valence-corrected chi connectivity index (χ1v) is 9.13. The van der Waals surface area contributed by atoms with Crippen molar-refractivity contribution in [3.63, 3.8) is 0 Å². The molecule has 2 aliphatic rings. The second kappa shape index (κ2) is 6.95. The van der Waals surface area contributed by atoms with Crippen molar-refractivity contribution in [3.05, 3.63) is 53.8 Å². The van der Waals surface area contributed by atoms with E-state index in [0.717, 1.165) is 24.9 Å². The van der Waals surface area contributed by atoms with Gasteiger partial charge in [0.1, 0.15) is 11.3 Å². The number of hydrogen-bond acceptors (Lipinski definition) is 6. The van der Waals surface area contributed by atoms with Crippen molar-refractivity contribution in [2.45, 2.75) is 37.9 Å². The molecule has 0 unspecified atom stereocenters. The minimum atomic E-state index is -1.08. The molecular weight excluding hydrogens is 346 g/mol. The van der Waals surface area contributed by atoms with E-state index in [1.165, 1.54) is 6.08 Å². The van der Waals surface area contributed by atoms with Crippen LogP contribution in [0.25, 0.3) is 6.08 Å². The van der Waals surface area contributed by atoms with E-state index < -0.39 is 17.7 Å². The molecule has 2 heterocycles. The second-order valence-electron chi connectivity index (χ2n) is 6.88. The summed E-state index contributed by atoms with van der Waals surface area (Å²) in [4.78, 5) is 26.7. The van der Waals surface area contributed by atoms with Crippen LogP contribution in [0.3, 0.4) is 0 Å². The van der Waals surface area contributed by atoms with Crippen molar-refractivity contribution >= 4 is 29.6 Å². The molecular formula is C21H21NO5. The molecule has 1 aromatic carbocycles. The summed E-state index contributed by atoms with van der Waals surface area (Å²) in [6, 6.07) is 13.2. The molecule has 0 bridgehead atoms. The van der Waals surface area contributed by atoms with Gasteiger partial charge in [-0.25, -0.2) is 9.59 Å². The third-order valence-electron chi connectivity index (χ3n) is 4.99. The SMILES string of the molecule is CN(c1ccccc1)c1ccc(C=C2C(=O)OC3(CCCCC3)OC2=O)o1. The van der Waals surface area contributed by atoms with Gasteiger partial charge in [-0.3, -0.25) is 0 Å². The Bertz CT molecular complexity index is 855. The van der Waals surface area contributed by atoms with Crippen LogP contribution >= 0.6 is 0 Å². The van der Waals surface area contributed by atoms with Crippen molar-refractivity contribution in [1.29, 1.82) is 0 Å². The van der Waals surface area contributed by atoms with Gasteiger partial charge < -0.3 is 18.8 Å². The number of rotatable bonds is 3. The number of carbonyl (C=O) groups is 2. The third-order valence-corrected chi connectivity index (χ3v) is 4.99. The zero-order valence-corrected chi connectivity index (χ0v) is 15.1. The van der Waals surface area contributed by atoms with Crippen LogP contribution in [-0.2, 0) is 19.1 Å². The van der Waals surface area contributed by atoms with Crippen molar-refractivity contribution < 1.29 is 23.5 Å². The van der Waals surface area contributed by atoms with Gasteiger partial charge in [-0.15, -0.1) is 0 Å². The van der Waals surface area contributed by atoms with Gasteiger partial charge in [-0.2, -0.15) is 0 Å². The third kappa shape index (κ3) is 3.47. The van der Waals surface area contributed by atoms with Gasteiger partial charge in [-0.05, 0) is 31.0 Å². The number of anilines is 2. The Kier molecular flexibility index (Phi) is 4.48. The molecule has 27 heavy (non-hydrogen) atoms. The van der Waals surface area contributed by atoms with Gasteiger partial charge in [0.15, 0.2) is 5.88 Å². The zero-order chi connectivity index (χ0) is 18.9. The molecule has 0 atom stereocenters. The van der Waals surface area contributed by atoms with Gasteiger partial charge in [0.2, 0.25) is 0 Å². The first-order valence-electron chi connectivity index (χ1n) is 9.13. The Labute approximate surface area is 157 Å². The smallest absolute Gasteiger partial charge is 0.349 e. The number of benzene rings is 1. The lowest BCUT2D eigenvalue weighted by Gasteiger charge is -2.38. The number of furan rings is 1. The molecule has 1 aliphatic carbocycles. The average molecular weight is 367 g/mol. The van der Waals surface area contributed by atoms with E-state index in [1.54, 1.807) is 12.1 Å². The number of hydrogen-bond donors (Lipinski definition) is 0. The maximum absolute atomic E-state index is 12.4. The van der Waals surface area contributed by atoms with Crippen LogP contribution in [0.1, 0.15) is 37.9 Å². The first-order chi connectivity index (χ1) is 13.1. The van der Waals surface area contributed by atoms with Crippen LogP contribution in [0.5, 0.6) is 0 Å². The van der Waals surface area contributed by atoms with Crippen LogP contribution in [0.15, 0.2) is 52.5 Å². The molecule has 2 fully saturated rings. The highest BCUT2D eigenvalue weighted by Gasteiger charge is 2.46. The van der Waals surface area contributed by atoms with Gasteiger partial charge in [0, 0.05) is 37.7 Å². The molecule has 6 heteroatoms. The highest BCUT2D eigenvalue weighted by atomic mass is 16.7. The van der Waals surface area contributed by atoms with Crippen molar-refractivity contribution in [2.24, 2.45) is 0 Å². The Hall–Kier alpha value is -3.02. The normalized spacial score (nSPS) is 18.8. The highest BCUT2D eigenvalue weighted by molar-refractivity contribution is 6.18. The molecule has 2 aromatic rings. The Morgan fingerprint density at radius 1 is 0.926 bits per heavy atom. The summed E-state index contributed by atoms with van der Waals surface area (Å²) in [6.07, 6.45) is 5.32. The molecule has 0 radical (unpaired) electrons. The number of nitrogens with zero attached hydrogens (tertiary/aromatic N) is 1. The monoisotopic (exact) mass is 367 g/mol. The summed E-state index contributed by atoms with van der Waals surface area (Å²) in [7, 11) is 1.88. The quantitative estimate of drug-likeness (QED) is 0.460. The van der Waals surface area contributed by atoms with Gasteiger partial charge in [-0.1, -0.05) is 24.6 Å². The molecule has 0 amide bonds. The van der Waals surface area contributed by atoms with Gasteiger partial charge in [0.05, 0.1) is 0 Å². The van der Waals surface area contributed by atoms with Crippen LogP contribution in [0, 0.1) is 0 Å². The lowest BCUT2D eigenvalue weighted by molar-refractivity contribution is -0.244. The lowest BCUT2D eigenvalue weighted by atomic mass is 9.93. The van der Waals surface area contributed by atoms with Crippen LogP contribution in [0.2, 0.25) is 0 Å². The average Bonchev–Trinajstić information content (AvgIpc) is 3.14. The van der Waals surface area contributed by atoms with E-state index in [0.29, 0.717) is 24.5 Å². The molecule has 1 aromatic heterocycles. The minimum Gasteiger partial charge on any atom is -0.441 e. The Balaban J connectivity index is 1.53. The van der Waals surface area contributed by atoms with Crippen LogP contribution < -0.4 is 4.90 Å². The van der Waals surface area contributed by atoms with Crippen molar-refractivity contribution in [3.8, 4) is 0 Å². The predicted octanol–water partition coefficient (Wildman–Crippen LogP) is 4.19. The van der Waals surface area contributed by atoms with E-state index in [1.807, 2.05) is 42.3 Å². The van der Waals surface area contributed by atoms with Crippen molar-refractivity contribution in [1.82, 2.24) is 0 Å². The largest absolute Gasteiger partial charge is 0.441 e. The fourth-order valence-corrected chi connectivity index (χ4v) is 3.49. The fourth-order valence-electron chi connectivity index (χ4n) is 3.49. The maximum Gasteiger partial charge on any atom is 0.349 e. The van der Waals surface area contributed by atoms with Gasteiger partial charge >= 0.3 is 11.9 Å². The van der Waals surface area contributed by atoms with Gasteiger partial charge in [0.25, 0.3) is 5.79 Å². The standard InChI is InChI=1S/C21H21NO5/c1-22(15-8-4-2-5-9-15)18-11-10-16(25-18)14-17-19(23)26-21(27-20(17)24)12-6-3-7-13-21/h2,4-5,8-11,14H,3,6-7,12-13H2,1H3. The number of esters is 2. The maximum atomic E-state index is 12.4. The highest BCUT2D eigenvalue weighted by Crippen LogP contribution is 2.37. The summed E-state index contributed by atoms with van der Waals surface area (Å²) in [5.41, 5.74) is 0.816. The summed E-state index contributed by atoms with van der Waals surface area (Å²) in [5, 5.41) is 0. The Morgan fingerprint density at radius 3 is 2.26 bits per heavy atom. The lowest BCUT2D eigenvalue weighted by Crippen LogP contribution is -2.47. The summed E-state index contributed by atoms with van der Waals surface area (Å²) in [5.74, 6) is -1.40. The topological polar surface area (TPSA) is 69.0 Å². The minimum absolute atomic E-state index is 0.144. The second-order valence-corrected chi connectivity index (χ2v) is 6.88. The fraction of sp³-hybridized carbons (Fsp3) is 0.333. The predicted molar refractivity (Wildman–Crippen MR) is 99.2 cm³/mol. The van der Waals surface area contributed by atoms with E-state index >= 15 is 0 Å². The zero-order valence-electron chi connectivity index (χ0n) is 15.1. The first kappa shape index (κ1) is 17.4. The summed E-state index contributed by atoms with van der Waals surface area (Å²) < 4.78 is 16.8. The number of ether oxygens (including phenoxy) is 2. The molecule has 1 saturated carbocycles. The summed E-state index contributed by atoms with van der Waals surface area (Å²) in [6.45, 7) is 0. The van der Waals surface area contributed by atoms with Crippen molar-refractivity contribution in [2.75, 3.05) is 11.9 Å². The summed E-state index contributed by atoms with van der Waals surface area (Å²) >= 11 is 0. The van der Waals surface area contributed by atoms with E-state index in [9.17, 15) is 9.59 Å². The molecule has 4 rings (SSSR count). The van der Waals surface area contributed by atoms with E-state index in [-0.39, 0.29) is 5.57 Å². The van der Waals surface area contributed by atoms with Crippen LogP contribution in [0.4, 0.5) is 11.6 Å². The van der Waals surface area contributed by atoms with Crippen LogP contribution in [-0.4, -0.2) is 24.8 Å². The molecule has 1 aliphatic heterocycles. The molecule has 0 N–H and O–H groups in total. The Morgan fingerprint density at radius 2 is 1.59 bits per heavy atom. The van der Waals surface area contributed by atoms with E-state index in [4.69, 9.17) is 13.9 Å². The molecule has 6 nitrogen and oxygen atoms in total. The molecule has 140 valence electrons. The number of carbonyl (C=O) groups excluding carboxylic acids is 2. The number of para-hydroxylation sites is 1. The van der Waals surface area contributed by atoms with E-state index in [2.05, 4.69) is 0 Å².